The first-order valence-electron chi connectivity index (χ1n) is 8.46. The number of rotatable bonds is 5. The third-order valence-electron chi connectivity index (χ3n) is 3.94. The maximum Gasteiger partial charge on any atom is 0.339 e. The second kappa shape index (κ2) is 8.46. The van der Waals surface area contributed by atoms with Crippen LogP contribution in [0, 0.1) is 0 Å². The molecule has 1 aliphatic heterocycles. The molecule has 1 fully saturated rings. The summed E-state index contributed by atoms with van der Waals surface area (Å²) in [5, 5.41) is 1.09. The van der Waals surface area contributed by atoms with Crippen molar-refractivity contribution in [1.29, 1.82) is 0 Å². The molecule has 0 unspecified atom stereocenters. The van der Waals surface area contributed by atoms with Crippen LogP contribution in [-0.4, -0.2) is 42.2 Å². The molecule has 0 N–H and O–H groups in total. The fraction of sp³-hybridized carbons (Fsp3) is 0.250. The lowest BCUT2D eigenvalue weighted by atomic mass is 10.1. The van der Waals surface area contributed by atoms with E-state index in [4.69, 9.17) is 14.3 Å². The number of nitrogens with zero attached hydrogens (tertiary/aromatic N) is 1. The molecule has 0 radical (unpaired) electrons. The van der Waals surface area contributed by atoms with Gasteiger partial charge in [0, 0.05) is 6.92 Å². The highest BCUT2D eigenvalue weighted by atomic mass is 16.7. The standard InChI is InChI=1S/C20H19NO6/c1-14(22)27-16-11-21(26-13-16)19(23)17-9-5-6-10-18(17)20(24)25-12-15-7-3-2-4-8-15/h2-10,16H,11-13H2,1H3/t16-/m0/s1. The second-order valence-corrected chi connectivity index (χ2v) is 6.00. The predicted octanol–water partition coefficient (Wildman–Crippen LogP) is 2.36. The maximum atomic E-state index is 12.7. The minimum atomic E-state index is -0.599. The Morgan fingerprint density at radius 1 is 1.04 bits per heavy atom. The van der Waals surface area contributed by atoms with Gasteiger partial charge in [0.15, 0.2) is 0 Å². The Morgan fingerprint density at radius 3 is 2.41 bits per heavy atom. The lowest BCUT2D eigenvalue weighted by Gasteiger charge is -2.16. The number of benzene rings is 2. The number of esters is 2. The van der Waals surface area contributed by atoms with E-state index < -0.39 is 23.9 Å². The molecule has 3 rings (SSSR count). The average molecular weight is 369 g/mol. The van der Waals surface area contributed by atoms with Crippen LogP contribution in [0.3, 0.4) is 0 Å². The van der Waals surface area contributed by atoms with Crippen molar-refractivity contribution in [2.24, 2.45) is 0 Å². The van der Waals surface area contributed by atoms with Gasteiger partial charge in [0.05, 0.1) is 17.7 Å². The summed E-state index contributed by atoms with van der Waals surface area (Å²) in [6, 6.07) is 15.6. The number of ether oxygens (including phenoxy) is 2. The summed E-state index contributed by atoms with van der Waals surface area (Å²) in [6.45, 7) is 1.59. The van der Waals surface area contributed by atoms with Crippen LogP contribution >= 0.6 is 0 Å². The lowest BCUT2D eigenvalue weighted by molar-refractivity contribution is -0.145. The van der Waals surface area contributed by atoms with Crippen LogP contribution in [0.25, 0.3) is 0 Å². The van der Waals surface area contributed by atoms with E-state index in [0.717, 1.165) is 10.6 Å². The van der Waals surface area contributed by atoms with Crippen molar-refractivity contribution in [2.45, 2.75) is 19.6 Å². The van der Waals surface area contributed by atoms with Crippen molar-refractivity contribution < 1.29 is 28.7 Å². The number of carbonyl (C=O) groups is 3. The predicted molar refractivity (Wildman–Crippen MR) is 94.5 cm³/mol. The smallest absolute Gasteiger partial charge is 0.339 e. The van der Waals surface area contributed by atoms with E-state index in [-0.39, 0.29) is 30.9 Å². The van der Waals surface area contributed by atoms with E-state index in [1.807, 2.05) is 30.3 Å². The number of carbonyl (C=O) groups excluding carboxylic acids is 3. The van der Waals surface area contributed by atoms with Gasteiger partial charge >= 0.3 is 11.9 Å². The molecule has 140 valence electrons. The summed E-state index contributed by atoms with van der Waals surface area (Å²) in [6.07, 6.45) is -0.524. The molecule has 1 heterocycles. The van der Waals surface area contributed by atoms with Gasteiger partial charge in [-0.15, -0.1) is 0 Å². The summed E-state index contributed by atoms with van der Waals surface area (Å²) < 4.78 is 10.4. The molecule has 1 saturated heterocycles. The SMILES string of the molecule is CC(=O)O[C@@H]1CON(C(=O)c2ccccc2C(=O)OCc2ccccc2)C1. The number of hydrogen-bond donors (Lipinski definition) is 0. The van der Waals surface area contributed by atoms with Crippen LogP contribution in [0.15, 0.2) is 54.6 Å². The van der Waals surface area contributed by atoms with E-state index >= 15 is 0 Å². The third-order valence-corrected chi connectivity index (χ3v) is 3.94. The highest BCUT2D eigenvalue weighted by molar-refractivity contribution is 6.05. The first-order valence-corrected chi connectivity index (χ1v) is 8.46. The zero-order valence-corrected chi connectivity index (χ0v) is 14.8. The van der Waals surface area contributed by atoms with E-state index in [1.165, 1.54) is 19.1 Å². The van der Waals surface area contributed by atoms with Gasteiger partial charge in [0.2, 0.25) is 0 Å². The maximum absolute atomic E-state index is 12.7. The van der Waals surface area contributed by atoms with E-state index in [1.54, 1.807) is 12.1 Å². The van der Waals surface area contributed by atoms with Crippen molar-refractivity contribution in [3.8, 4) is 0 Å². The minimum Gasteiger partial charge on any atom is -0.458 e. The van der Waals surface area contributed by atoms with Gasteiger partial charge in [0.1, 0.15) is 19.3 Å². The molecule has 0 aliphatic carbocycles. The van der Waals surface area contributed by atoms with Gasteiger partial charge in [-0.25, -0.2) is 9.86 Å². The summed E-state index contributed by atoms with van der Waals surface area (Å²) in [7, 11) is 0. The Morgan fingerprint density at radius 2 is 1.70 bits per heavy atom. The average Bonchev–Trinajstić information content (AvgIpc) is 3.14. The Labute approximate surface area is 156 Å². The lowest BCUT2D eigenvalue weighted by Crippen LogP contribution is -2.31. The molecule has 2 aromatic carbocycles. The van der Waals surface area contributed by atoms with Crippen LogP contribution in [0.5, 0.6) is 0 Å². The number of amides is 1. The zero-order chi connectivity index (χ0) is 19.2. The van der Waals surface area contributed by atoms with Crippen molar-refractivity contribution in [3.63, 3.8) is 0 Å². The molecular formula is C20H19NO6. The molecule has 1 aliphatic rings. The van der Waals surface area contributed by atoms with Crippen molar-refractivity contribution in [2.75, 3.05) is 13.2 Å². The summed E-state index contributed by atoms with van der Waals surface area (Å²) >= 11 is 0. The second-order valence-electron chi connectivity index (χ2n) is 6.00. The first-order chi connectivity index (χ1) is 13.0. The minimum absolute atomic E-state index is 0.0892. The molecule has 0 spiro atoms. The molecular weight excluding hydrogens is 350 g/mol. The molecule has 2 aromatic rings. The van der Waals surface area contributed by atoms with Crippen molar-refractivity contribution in [1.82, 2.24) is 5.06 Å². The van der Waals surface area contributed by atoms with Gasteiger partial charge in [-0.05, 0) is 17.7 Å². The Bertz CT molecular complexity index is 835. The van der Waals surface area contributed by atoms with Gasteiger partial charge < -0.3 is 9.47 Å². The van der Waals surface area contributed by atoms with Gasteiger partial charge in [-0.3, -0.25) is 14.4 Å². The van der Waals surface area contributed by atoms with Gasteiger partial charge in [0.25, 0.3) is 5.91 Å². The summed E-state index contributed by atoms with van der Waals surface area (Å²) in [5.74, 6) is -1.53. The molecule has 1 amide bonds. The first kappa shape index (κ1) is 18.6. The van der Waals surface area contributed by atoms with Crippen LogP contribution in [-0.2, 0) is 25.7 Å². The van der Waals surface area contributed by atoms with E-state index in [0.29, 0.717) is 0 Å². The van der Waals surface area contributed by atoms with Gasteiger partial charge in [-0.1, -0.05) is 42.5 Å². The monoisotopic (exact) mass is 369 g/mol. The van der Waals surface area contributed by atoms with Gasteiger partial charge in [-0.2, -0.15) is 0 Å². The fourth-order valence-electron chi connectivity index (χ4n) is 2.69. The molecule has 0 bridgehead atoms. The molecule has 1 atom stereocenters. The van der Waals surface area contributed by atoms with Crippen LogP contribution in [0.1, 0.15) is 33.2 Å². The Hall–Kier alpha value is -3.19. The highest BCUT2D eigenvalue weighted by Gasteiger charge is 2.32. The summed E-state index contributed by atoms with van der Waals surface area (Å²) in [4.78, 5) is 41.5. The van der Waals surface area contributed by atoms with Crippen molar-refractivity contribution >= 4 is 17.8 Å². The van der Waals surface area contributed by atoms with Crippen molar-refractivity contribution in [3.05, 3.63) is 71.3 Å². The quantitative estimate of drug-likeness (QED) is 0.753. The Kier molecular flexibility index (Phi) is 5.83. The molecule has 0 aromatic heterocycles. The molecule has 7 heteroatoms. The van der Waals surface area contributed by atoms with E-state index in [9.17, 15) is 14.4 Å². The fourth-order valence-corrected chi connectivity index (χ4v) is 2.69. The topological polar surface area (TPSA) is 82.1 Å². The largest absolute Gasteiger partial charge is 0.458 e. The summed E-state index contributed by atoms with van der Waals surface area (Å²) in [5.41, 5.74) is 1.17. The van der Waals surface area contributed by atoms with Crippen LogP contribution < -0.4 is 0 Å². The zero-order valence-electron chi connectivity index (χ0n) is 14.8. The number of hydroxylamine groups is 2. The molecule has 0 saturated carbocycles. The van der Waals surface area contributed by atoms with Crippen LogP contribution in [0.2, 0.25) is 0 Å². The highest BCUT2D eigenvalue weighted by Crippen LogP contribution is 2.18. The molecule has 7 nitrogen and oxygen atoms in total. The van der Waals surface area contributed by atoms with E-state index in [2.05, 4.69) is 0 Å². The molecule has 27 heavy (non-hydrogen) atoms. The van der Waals surface area contributed by atoms with Crippen LogP contribution in [0.4, 0.5) is 0 Å². The number of hydrogen-bond acceptors (Lipinski definition) is 6. The Balaban J connectivity index is 1.69. The third kappa shape index (κ3) is 4.71. The normalized spacial score (nSPS) is 16.0.